The maximum absolute atomic E-state index is 13.2. The largest absolute Gasteiger partial charge is 0.395 e. The molecule has 2 heterocycles. The Morgan fingerprint density at radius 3 is 2.80 bits per heavy atom. The summed E-state index contributed by atoms with van der Waals surface area (Å²) in [7, 11) is 0. The van der Waals surface area contributed by atoms with E-state index in [1.807, 2.05) is 19.1 Å². The Morgan fingerprint density at radius 2 is 2.16 bits per heavy atom. The molecule has 0 saturated heterocycles. The number of carbonyl (C=O) groups is 1. The van der Waals surface area contributed by atoms with E-state index in [4.69, 9.17) is 0 Å². The Hall–Kier alpha value is -2.18. The smallest absolute Gasteiger partial charge is 0.240 e. The number of amides is 1. The molecule has 0 aliphatic carbocycles. The maximum Gasteiger partial charge on any atom is 0.240 e. The number of H-pyrrole nitrogens is 1. The van der Waals surface area contributed by atoms with Gasteiger partial charge in [0, 0.05) is 13.1 Å². The van der Waals surface area contributed by atoms with Crippen molar-refractivity contribution in [2.24, 2.45) is 0 Å². The van der Waals surface area contributed by atoms with Crippen LogP contribution in [0.1, 0.15) is 29.6 Å². The summed E-state index contributed by atoms with van der Waals surface area (Å²) in [6, 6.07) is 8.14. The number of carbonyl (C=O) groups excluding carboxylic acids is 1. The number of benzene rings is 1. The molecular weight excluding hydrogens is 316 g/mol. The predicted molar refractivity (Wildman–Crippen MR) is 95.8 cm³/mol. The summed E-state index contributed by atoms with van der Waals surface area (Å²) < 4.78 is 0. The quantitative estimate of drug-likeness (QED) is 0.834. The van der Waals surface area contributed by atoms with E-state index in [0.29, 0.717) is 19.5 Å². The average Bonchev–Trinajstić information content (AvgIpc) is 3.04. The van der Waals surface area contributed by atoms with E-state index in [2.05, 4.69) is 33.9 Å². The van der Waals surface area contributed by atoms with Gasteiger partial charge in [-0.3, -0.25) is 9.69 Å². The molecular formula is C19H26N4O2. The van der Waals surface area contributed by atoms with Crippen LogP contribution in [0.2, 0.25) is 0 Å². The molecule has 0 spiro atoms. The number of nitrogens with zero attached hydrogens (tertiary/aromatic N) is 3. The third kappa shape index (κ3) is 3.91. The van der Waals surface area contributed by atoms with E-state index >= 15 is 0 Å². The number of aliphatic hydroxyl groups excluding tert-OH is 1. The Kier molecular flexibility index (Phi) is 5.50. The molecule has 1 aliphatic heterocycles. The topological polar surface area (TPSA) is 72.5 Å². The van der Waals surface area contributed by atoms with Crippen LogP contribution in [0.15, 0.2) is 30.5 Å². The van der Waals surface area contributed by atoms with E-state index in [-0.39, 0.29) is 18.6 Å². The Balaban J connectivity index is 1.80. The SMILES string of the molecule is CCN1Cc2ccccc2CC1C(=O)N(CCO)Cc1cnc(C)[nH]1. The molecule has 25 heavy (non-hydrogen) atoms. The van der Waals surface area contributed by atoms with Crippen LogP contribution in [0.25, 0.3) is 0 Å². The van der Waals surface area contributed by atoms with E-state index in [1.54, 1.807) is 11.1 Å². The second kappa shape index (κ2) is 7.80. The van der Waals surface area contributed by atoms with Gasteiger partial charge < -0.3 is 15.0 Å². The van der Waals surface area contributed by atoms with E-state index in [1.165, 1.54) is 11.1 Å². The summed E-state index contributed by atoms with van der Waals surface area (Å²) in [6.07, 6.45) is 2.47. The lowest BCUT2D eigenvalue weighted by Crippen LogP contribution is -2.51. The number of imidazole rings is 1. The highest BCUT2D eigenvalue weighted by atomic mass is 16.3. The van der Waals surface area contributed by atoms with Gasteiger partial charge in [-0.1, -0.05) is 31.2 Å². The first-order chi connectivity index (χ1) is 12.1. The van der Waals surface area contributed by atoms with Crippen molar-refractivity contribution in [1.29, 1.82) is 0 Å². The molecule has 1 aromatic carbocycles. The van der Waals surface area contributed by atoms with Crippen molar-refractivity contribution in [1.82, 2.24) is 19.8 Å². The van der Waals surface area contributed by atoms with Crippen molar-refractivity contribution in [2.45, 2.75) is 39.4 Å². The first-order valence-electron chi connectivity index (χ1n) is 8.83. The number of aromatic nitrogens is 2. The number of likely N-dealkylation sites (N-methyl/N-ethyl adjacent to an activating group) is 1. The molecule has 134 valence electrons. The van der Waals surface area contributed by atoms with Crippen LogP contribution in [0, 0.1) is 6.92 Å². The van der Waals surface area contributed by atoms with Gasteiger partial charge >= 0.3 is 0 Å². The second-order valence-corrected chi connectivity index (χ2v) is 6.53. The normalized spacial score (nSPS) is 17.3. The molecule has 1 unspecified atom stereocenters. The third-order valence-electron chi connectivity index (χ3n) is 4.84. The van der Waals surface area contributed by atoms with Gasteiger partial charge in [0.05, 0.1) is 31.1 Å². The number of nitrogens with one attached hydrogen (secondary N) is 1. The maximum atomic E-state index is 13.2. The molecule has 0 bridgehead atoms. The zero-order valence-corrected chi connectivity index (χ0v) is 14.9. The lowest BCUT2D eigenvalue weighted by molar-refractivity contribution is -0.138. The van der Waals surface area contributed by atoms with Gasteiger partial charge in [-0.05, 0) is 31.0 Å². The van der Waals surface area contributed by atoms with Crippen LogP contribution in [-0.4, -0.2) is 56.5 Å². The molecule has 1 aromatic heterocycles. The Labute approximate surface area is 148 Å². The molecule has 1 amide bonds. The number of aliphatic hydroxyl groups is 1. The molecule has 2 N–H and O–H groups in total. The van der Waals surface area contributed by atoms with Crippen molar-refractivity contribution < 1.29 is 9.90 Å². The van der Waals surface area contributed by atoms with Gasteiger partial charge in [0.15, 0.2) is 0 Å². The summed E-state index contributed by atoms with van der Waals surface area (Å²) >= 11 is 0. The number of aromatic amines is 1. The molecule has 2 aromatic rings. The molecule has 3 rings (SSSR count). The highest BCUT2D eigenvalue weighted by Crippen LogP contribution is 2.24. The lowest BCUT2D eigenvalue weighted by atomic mass is 9.93. The highest BCUT2D eigenvalue weighted by molar-refractivity contribution is 5.82. The van der Waals surface area contributed by atoms with Crippen molar-refractivity contribution in [2.75, 3.05) is 19.7 Å². The molecule has 1 aliphatic rings. The first-order valence-corrected chi connectivity index (χ1v) is 8.83. The van der Waals surface area contributed by atoms with E-state index in [9.17, 15) is 9.90 Å². The van der Waals surface area contributed by atoms with Gasteiger partial charge in [0.1, 0.15) is 5.82 Å². The van der Waals surface area contributed by atoms with Crippen molar-refractivity contribution in [3.05, 3.63) is 53.1 Å². The van der Waals surface area contributed by atoms with Gasteiger partial charge in [-0.2, -0.15) is 0 Å². The van der Waals surface area contributed by atoms with Gasteiger partial charge in [-0.25, -0.2) is 4.98 Å². The Bertz CT molecular complexity index is 728. The van der Waals surface area contributed by atoms with Crippen LogP contribution in [0.3, 0.4) is 0 Å². The molecule has 0 fully saturated rings. The van der Waals surface area contributed by atoms with Crippen LogP contribution < -0.4 is 0 Å². The zero-order chi connectivity index (χ0) is 17.8. The average molecular weight is 342 g/mol. The van der Waals surface area contributed by atoms with Gasteiger partial charge in [0.2, 0.25) is 5.91 Å². The summed E-state index contributed by atoms with van der Waals surface area (Å²) in [5.41, 5.74) is 3.43. The molecule has 1 atom stereocenters. The van der Waals surface area contributed by atoms with Crippen LogP contribution in [-0.2, 0) is 24.3 Å². The fraction of sp³-hybridized carbons (Fsp3) is 0.474. The van der Waals surface area contributed by atoms with Gasteiger partial charge in [-0.15, -0.1) is 0 Å². The fourth-order valence-electron chi connectivity index (χ4n) is 3.51. The zero-order valence-electron chi connectivity index (χ0n) is 14.9. The lowest BCUT2D eigenvalue weighted by Gasteiger charge is -2.38. The minimum absolute atomic E-state index is 0.0473. The van der Waals surface area contributed by atoms with E-state index < -0.39 is 0 Å². The summed E-state index contributed by atoms with van der Waals surface area (Å²) in [5, 5.41) is 9.41. The number of rotatable bonds is 6. The highest BCUT2D eigenvalue weighted by Gasteiger charge is 2.33. The molecule has 0 radical (unpaired) electrons. The molecule has 0 saturated carbocycles. The molecule has 6 heteroatoms. The van der Waals surface area contributed by atoms with Crippen molar-refractivity contribution >= 4 is 5.91 Å². The number of hydrogen-bond acceptors (Lipinski definition) is 4. The van der Waals surface area contributed by atoms with Crippen LogP contribution in [0.4, 0.5) is 0 Å². The third-order valence-corrected chi connectivity index (χ3v) is 4.84. The predicted octanol–water partition coefficient (Wildman–Crippen LogP) is 1.49. The first kappa shape index (κ1) is 17.6. The standard InChI is InChI=1S/C19H26N4O2/c1-3-22-12-16-7-5-4-6-15(16)10-18(22)19(25)23(8-9-24)13-17-11-20-14(2)21-17/h4-7,11,18,24H,3,8-10,12-13H2,1-2H3,(H,20,21). The number of aryl methyl sites for hydroxylation is 1. The van der Waals surface area contributed by atoms with Crippen molar-refractivity contribution in [3.63, 3.8) is 0 Å². The molecule has 6 nitrogen and oxygen atoms in total. The van der Waals surface area contributed by atoms with Gasteiger partial charge in [0.25, 0.3) is 0 Å². The van der Waals surface area contributed by atoms with Crippen LogP contribution in [0.5, 0.6) is 0 Å². The summed E-state index contributed by atoms with van der Waals surface area (Å²) in [6.45, 7) is 6.30. The summed E-state index contributed by atoms with van der Waals surface area (Å²) in [5.74, 6) is 0.894. The number of fused-ring (bicyclic) bond motifs is 1. The van der Waals surface area contributed by atoms with Crippen molar-refractivity contribution in [3.8, 4) is 0 Å². The fourth-order valence-corrected chi connectivity index (χ4v) is 3.51. The van der Waals surface area contributed by atoms with Crippen LogP contribution >= 0.6 is 0 Å². The second-order valence-electron chi connectivity index (χ2n) is 6.53. The minimum Gasteiger partial charge on any atom is -0.395 e. The minimum atomic E-state index is -0.185. The Morgan fingerprint density at radius 1 is 1.40 bits per heavy atom. The monoisotopic (exact) mass is 342 g/mol. The van der Waals surface area contributed by atoms with E-state index in [0.717, 1.165) is 24.6 Å². The number of hydrogen-bond donors (Lipinski definition) is 2. The summed E-state index contributed by atoms with van der Waals surface area (Å²) in [4.78, 5) is 24.5.